The molecule has 14 nitrogen and oxygen atoms in total. The summed E-state index contributed by atoms with van der Waals surface area (Å²) in [7, 11) is 8.05. The van der Waals surface area contributed by atoms with Crippen molar-refractivity contribution in [3.8, 4) is 11.1 Å². The van der Waals surface area contributed by atoms with Gasteiger partial charge in [-0.3, -0.25) is 43.4 Å². The van der Waals surface area contributed by atoms with Crippen LogP contribution in [0.1, 0.15) is 119 Å². The van der Waals surface area contributed by atoms with Gasteiger partial charge in [-0.25, -0.2) is 9.98 Å². The van der Waals surface area contributed by atoms with E-state index in [1.54, 1.807) is 42.6 Å². The Labute approximate surface area is 740 Å². The summed E-state index contributed by atoms with van der Waals surface area (Å²) < 4.78 is 0. The van der Waals surface area contributed by atoms with E-state index in [0.717, 1.165) is 112 Å². The number of carbonyl (C=O) groups excluding carboxylic acids is 6. The standard InChI is InChI=1S/C28H26N2O2.C28H22N2.C19H13NO2.C18H15NO2.C4H2N2S2.Cu.2Ni.Sn/c1-29(2)22-13-9-19(10-14-22)26(20-11-15-23(16-12-20)30(3)4)17-21-18-27(31)28(32)25-8-6-5-7-24(21)25;1-19-11-15-21(16-12-19)29-27-25-9-5-3-7-23(25)24-8-4-6-10-26(24)28(27)30-22-17-13-20(2)14-18-22;1-10-5-6-12-11(2)9-15-16(14(12)8-10)19(22)17-13(18(15)21)4-3-7-20-17;1-11-7-8-15(12(2)9-11)19-16-10-17(20)18(21)14-6-4-3-5-13(14)16;1-5-3(7)4(8)6-2;;;;/h5-18H,1-4H3;3-18H,1-2H3;3-9H,1-2H3;3-10,19H,1-2H3;7-8H;;;;/q;;;;;;;+2;/p-2. The van der Waals surface area contributed by atoms with Crippen LogP contribution in [0.2, 0.25) is 0 Å². The Morgan fingerprint density at radius 1 is 0.427 bits per heavy atom. The van der Waals surface area contributed by atoms with Crippen molar-refractivity contribution in [3.63, 3.8) is 0 Å². The fraction of sp³-hybridized carbons (Fsp3) is 0.103. The summed E-state index contributed by atoms with van der Waals surface area (Å²) in [6.07, 6.45) is 6.39. The number of benzene rings is 11. The first-order valence-corrected chi connectivity index (χ1v) is 37.0. The Morgan fingerprint density at radius 3 is 1.32 bits per heavy atom. The maximum atomic E-state index is 12.9. The van der Waals surface area contributed by atoms with Crippen molar-refractivity contribution >= 4 is 151 Å². The Hall–Kier alpha value is -11.7. The van der Waals surface area contributed by atoms with Crippen molar-refractivity contribution in [1.82, 2.24) is 4.98 Å². The summed E-state index contributed by atoms with van der Waals surface area (Å²) in [4.78, 5) is 98.1. The van der Waals surface area contributed by atoms with Crippen molar-refractivity contribution in [2.24, 2.45) is 9.98 Å². The number of fused-ring (bicyclic) bond motifs is 9. The Balaban J connectivity index is 0.000000189. The third kappa shape index (κ3) is 20.7. The maximum Gasteiger partial charge on any atom is 2.00 e. The number of hydrogen-bond acceptors (Lipinski definition) is 14. The predicted molar refractivity (Wildman–Crippen MR) is 468 cm³/mol. The number of ketones is 6. The molecule has 0 bridgehead atoms. The molecule has 11 aromatic carbocycles. The number of anilines is 3. The Bertz CT molecular complexity index is 5980. The molecule has 1 N–H and O–H groups in total. The van der Waals surface area contributed by atoms with E-state index in [9.17, 15) is 28.8 Å². The molecule has 0 fully saturated rings. The molecule has 587 valence electrons. The first-order valence-electron chi connectivity index (χ1n) is 36.2. The van der Waals surface area contributed by atoms with Crippen LogP contribution in [0.4, 0.5) is 28.4 Å². The molecular formula is C97H76CuN8Ni2O6S2Sn. The quantitative estimate of drug-likeness (QED) is 0.0630. The number of hydrogen-bond donors (Lipinski definition) is 1. The summed E-state index contributed by atoms with van der Waals surface area (Å²) >= 11 is 8.74. The van der Waals surface area contributed by atoms with Gasteiger partial charge in [0.1, 0.15) is 5.69 Å². The molecule has 0 unspecified atom stereocenters. The molecule has 0 saturated heterocycles. The molecule has 1 aromatic heterocycles. The summed E-state index contributed by atoms with van der Waals surface area (Å²) in [5, 5.41) is 4.88. The van der Waals surface area contributed by atoms with E-state index in [4.69, 9.17) is 23.1 Å². The fourth-order valence-corrected chi connectivity index (χ4v) is 13.6. The molecule has 0 spiro atoms. The second kappa shape index (κ2) is 40.7. The van der Waals surface area contributed by atoms with E-state index >= 15 is 0 Å². The van der Waals surface area contributed by atoms with Crippen molar-refractivity contribution in [3.05, 3.63) is 406 Å². The van der Waals surface area contributed by atoms with Crippen LogP contribution < -0.4 is 15.1 Å². The molecule has 0 saturated carbocycles. The molecule has 4 aliphatic carbocycles. The van der Waals surface area contributed by atoms with E-state index < -0.39 is 23.1 Å². The van der Waals surface area contributed by atoms with Crippen LogP contribution in [0.3, 0.4) is 0 Å². The number of aliphatic imine (C=N–C) groups is 2. The first-order chi connectivity index (χ1) is 54.4. The van der Waals surface area contributed by atoms with Crippen LogP contribution in [0.5, 0.6) is 0 Å². The molecule has 4 aliphatic rings. The molecule has 0 aliphatic heterocycles. The average molecular weight is 1810 g/mol. The predicted octanol–water partition coefficient (Wildman–Crippen LogP) is 20.1. The van der Waals surface area contributed by atoms with Crippen LogP contribution in [0, 0.1) is 54.7 Å². The zero-order valence-electron chi connectivity index (χ0n) is 65.3. The van der Waals surface area contributed by atoms with Gasteiger partial charge >= 0.3 is 16.5 Å². The molecule has 16 rings (SSSR count). The van der Waals surface area contributed by atoms with Gasteiger partial charge in [-0.2, -0.15) is 0 Å². The molecule has 1 heterocycles. The van der Waals surface area contributed by atoms with Gasteiger partial charge in [-0.1, -0.05) is 198 Å². The largest absolute Gasteiger partial charge is 2.00 e. The summed E-state index contributed by atoms with van der Waals surface area (Å²) in [5.41, 5.74) is 26.8. The van der Waals surface area contributed by atoms with Gasteiger partial charge in [0.05, 0.1) is 47.2 Å². The minimum Gasteiger partial charge on any atom is -0.826 e. The van der Waals surface area contributed by atoms with Crippen molar-refractivity contribution in [2.75, 3.05) is 43.3 Å². The Morgan fingerprint density at radius 2 is 0.846 bits per heavy atom. The molecule has 5 radical (unpaired) electrons. The summed E-state index contributed by atoms with van der Waals surface area (Å²) in [6.45, 7) is 24.8. The minimum atomic E-state index is -0.486. The second-order valence-corrected chi connectivity index (χ2v) is 28.5. The van der Waals surface area contributed by atoms with Crippen LogP contribution in [-0.2, 0) is 84.9 Å². The number of Topliss-reactive ketones (excluding diaryl/α,β-unsaturated/α-hetero) is 2. The zero-order valence-corrected chi connectivity index (χ0v) is 72.7. The van der Waals surface area contributed by atoms with E-state index in [0.29, 0.717) is 33.5 Å². The minimum absolute atomic E-state index is 0. The van der Waals surface area contributed by atoms with E-state index in [2.05, 4.69) is 221 Å². The third-order valence-electron chi connectivity index (χ3n) is 19.3. The smallest absolute Gasteiger partial charge is 0.826 e. The molecule has 0 atom stereocenters. The number of aryl methyl sites for hydroxylation is 6. The van der Waals surface area contributed by atoms with Gasteiger partial charge in [-0.05, 0) is 187 Å². The Kier molecular flexibility index (Phi) is 31.6. The molecule has 20 heteroatoms. The van der Waals surface area contributed by atoms with Gasteiger partial charge in [0.2, 0.25) is 28.9 Å². The van der Waals surface area contributed by atoms with Crippen LogP contribution in [-0.4, -0.2) is 103 Å². The SMILES string of the molecule is CN(C)c1ccc(C(=CC2=CC(=O)C(=O)c3ccccc32)c2ccc(N(C)C)cc2)cc1.Cc1ccc(N=C2C(=Nc3ccc(C)cc3)c3ccccc3-c3ccccc32)cc1.Cc1ccc(NC2=CC(=O)C(=O)c3ccccc32)c(C)c1.Cc1ccc2c(C)cc3c(c2c1)C(=O)c1ncccc1C3=O.[C-]#[N+]C([S-])=C([S-])[N+]#[C-].[Cu].[Ni+2].[Ni].[Sn]. The molecular weight excluding hydrogens is 1740 g/mol. The number of carbonyl (C=O) groups is 6. The van der Waals surface area contributed by atoms with E-state index in [-0.39, 0.29) is 101 Å². The van der Waals surface area contributed by atoms with Gasteiger partial charge in [0, 0.05) is 164 Å². The van der Waals surface area contributed by atoms with Crippen LogP contribution >= 0.6 is 0 Å². The van der Waals surface area contributed by atoms with Gasteiger partial charge in [0.25, 0.3) is 0 Å². The average Bonchev–Trinajstić information content (AvgIpc) is 0.732. The van der Waals surface area contributed by atoms with Crippen LogP contribution in [0.25, 0.3) is 48.4 Å². The molecule has 12 aromatic rings. The number of nitrogens with zero attached hydrogens (tertiary/aromatic N) is 7. The maximum absolute atomic E-state index is 12.9. The summed E-state index contributed by atoms with van der Waals surface area (Å²) in [5.74, 6) is -2.16. The number of pyridine rings is 1. The first kappa shape index (κ1) is 90.8. The number of rotatable bonds is 9. The summed E-state index contributed by atoms with van der Waals surface area (Å²) in [6, 6.07) is 81.9. The molecule has 0 amide bonds. The normalized spacial score (nSPS) is 13.0. The second-order valence-electron chi connectivity index (χ2n) is 27.8. The monoisotopic (exact) mass is 1810 g/mol. The van der Waals surface area contributed by atoms with Crippen LogP contribution in [0.15, 0.2) is 293 Å². The topological polar surface area (TPSA) is 167 Å². The fourth-order valence-electron chi connectivity index (χ4n) is 13.5. The zero-order chi connectivity index (χ0) is 80.3. The van der Waals surface area contributed by atoms with E-state index in [1.807, 2.05) is 123 Å². The number of aromatic nitrogens is 1. The van der Waals surface area contributed by atoms with Gasteiger partial charge in [0.15, 0.2) is 5.78 Å². The molecule has 117 heavy (non-hydrogen) atoms. The third-order valence-corrected chi connectivity index (χ3v) is 20.0. The van der Waals surface area contributed by atoms with Crippen molar-refractivity contribution in [1.29, 1.82) is 0 Å². The van der Waals surface area contributed by atoms with Gasteiger partial charge < -0.3 is 40.4 Å². The number of nitrogens with one attached hydrogen (secondary N) is 1. The number of allylic oxidation sites excluding steroid dienone is 4. The van der Waals surface area contributed by atoms with Gasteiger partial charge in [-0.15, -0.1) is 0 Å². The van der Waals surface area contributed by atoms with E-state index in [1.165, 1.54) is 40.0 Å². The van der Waals surface area contributed by atoms with Crippen molar-refractivity contribution in [2.45, 2.75) is 41.5 Å². The van der Waals surface area contributed by atoms with Crippen molar-refractivity contribution < 1.29 is 78.8 Å².